The lowest BCUT2D eigenvalue weighted by molar-refractivity contribution is -0.131. The second kappa shape index (κ2) is 7.58. The van der Waals surface area contributed by atoms with Crippen LogP contribution in [0.15, 0.2) is 40.9 Å². The topological polar surface area (TPSA) is 66.7 Å². The molecule has 0 fully saturated rings. The molecular weight excluding hydrogens is 294 g/mol. The highest BCUT2D eigenvalue weighted by Gasteiger charge is 2.22. The van der Waals surface area contributed by atoms with Crippen LogP contribution in [0.25, 0.3) is 0 Å². The first-order valence-electron chi connectivity index (χ1n) is 7.54. The standard InChI is InChI=1S/C17H21N3O3/c1-4-19(11-15-8-6-5-7-9-15)17(22)12-20(14(3)21)16-10-13(2)23-18-16/h5-10H,4,11-12H2,1-3H3. The Labute approximate surface area is 135 Å². The second-order valence-corrected chi connectivity index (χ2v) is 5.29. The third kappa shape index (κ3) is 4.42. The smallest absolute Gasteiger partial charge is 0.242 e. The van der Waals surface area contributed by atoms with E-state index >= 15 is 0 Å². The largest absolute Gasteiger partial charge is 0.360 e. The fourth-order valence-electron chi connectivity index (χ4n) is 2.25. The minimum Gasteiger partial charge on any atom is -0.360 e. The lowest BCUT2D eigenvalue weighted by Gasteiger charge is -2.24. The van der Waals surface area contributed by atoms with Crippen molar-refractivity contribution in [3.8, 4) is 0 Å². The minimum absolute atomic E-state index is 0.0536. The molecular formula is C17H21N3O3. The van der Waals surface area contributed by atoms with Gasteiger partial charge in [-0.15, -0.1) is 0 Å². The molecule has 1 aromatic carbocycles. The maximum atomic E-state index is 12.5. The molecule has 0 unspecified atom stereocenters. The van der Waals surface area contributed by atoms with Crippen LogP contribution < -0.4 is 4.90 Å². The Morgan fingerprint density at radius 2 is 1.91 bits per heavy atom. The zero-order valence-corrected chi connectivity index (χ0v) is 13.7. The van der Waals surface area contributed by atoms with Crippen molar-refractivity contribution in [1.29, 1.82) is 0 Å². The maximum absolute atomic E-state index is 12.5. The van der Waals surface area contributed by atoms with Crippen molar-refractivity contribution in [3.05, 3.63) is 47.7 Å². The summed E-state index contributed by atoms with van der Waals surface area (Å²) in [6.45, 7) is 6.09. The van der Waals surface area contributed by atoms with E-state index in [1.54, 1.807) is 17.9 Å². The molecule has 0 bridgehead atoms. The monoisotopic (exact) mass is 315 g/mol. The molecule has 0 aliphatic rings. The van der Waals surface area contributed by atoms with Crippen LogP contribution in [0.1, 0.15) is 25.2 Å². The Morgan fingerprint density at radius 3 is 2.43 bits per heavy atom. The Hall–Kier alpha value is -2.63. The van der Waals surface area contributed by atoms with Crippen molar-refractivity contribution in [3.63, 3.8) is 0 Å². The third-order valence-electron chi connectivity index (χ3n) is 3.52. The molecule has 1 heterocycles. The highest BCUT2D eigenvalue weighted by atomic mass is 16.5. The van der Waals surface area contributed by atoms with Crippen molar-refractivity contribution < 1.29 is 14.1 Å². The summed E-state index contributed by atoms with van der Waals surface area (Å²) in [5, 5.41) is 3.82. The Kier molecular flexibility index (Phi) is 5.51. The Bertz CT molecular complexity index is 667. The summed E-state index contributed by atoms with van der Waals surface area (Å²) in [5.41, 5.74) is 1.05. The number of rotatable bonds is 6. The molecule has 2 rings (SSSR count). The first kappa shape index (κ1) is 16.7. The van der Waals surface area contributed by atoms with Gasteiger partial charge in [-0.05, 0) is 19.4 Å². The molecule has 6 nitrogen and oxygen atoms in total. The number of hydrogen-bond donors (Lipinski definition) is 0. The average Bonchev–Trinajstić information content (AvgIpc) is 2.96. The highest BCUT2D eigenvalue weighted by Crippen LogP contribution is 2.15. The lowest BCUT2D eigenvalue weighted by Crippen LogP contribution is -2.42. The van der Waals surface area contributed by atoms with Gasteiger partial charge in [-0.2, -0.15) is 0 Å². The van der Waals surface area contributed by atoms with E-state index in [0.29, 0.717) is 24.7 Å². The van der Waals surface area contributed by atoms with Crippen LogP contribution in [0.3, 0.4) is 0 Å². The van der Waals surface area contributed by atoms with Crippen molar-refractivity contribution in [2.24, 2.45) is 0 Å². The van der Waals surface area contributed by atoms with E-state index < -0.39 is 0 Å². The number of anilines is 1. The normalized spacial score (nSPS) is 10.4. The molecule has 2 amide bonds. The number of carbonyl (C=O) groups excluding carboxylic acids is 2. The van der Waals surface area contributed by atoms with Gasteiger partial charge in [0, 0.05) is 26.1 Å². The number of nitrogens with zero attached hydrogens (tertiary/aromatic N) is 3. The zero-order valence-electron chi connectivity index (χ0n) is 13.7. The van der Waals surface area contributed by atoms with Crippen molar-refractivity contribution in [2.45, 2.75) is 27.3 Å². The van der Waals surface area contributed by atoms with Crippen LogP contribution in [0.5, 0.6) is 0 Å². The molecule has 6 heteroatoms. The number of aromatic nitrogens is 1. The molecule has 0 aliphatic carbocycles. The van der Waals surface area contributed by atoms with E-state index in [4.69, 9.17) is 4.52 Å². The second-order valence-electron chi connectivity index (χ2n) is 5.29. The Morgan fingerprint density at radius 1 is 1.22 bits per heavy atom. The van der Waals surface area contributed by atoms with Crippen LogP contribution in [0.2, 0.25) is 0 Å². The molecule has 23 heavy (non-hydrogen) atoms. The number of benzene rings is 1. The molecule has 122 valence electrons. The van der Waals surface area contributed by atoms with E-state index in [9.17, 15) is 9.59 Å². The molecule has 0 radical (unpaired) electrons. The summed E-state index contributed by atoms with van der Waals surface area (Å²) < 4.78 is 4.99. The van der Waals surface area contributed by atoms with Crippen LogP contribution in [-0.4, -0.2) is 35.0 Å². The minimum atomic E-state index is -0.248. The van der Waals surface area contributed by atoms with Gasteiger partial charge in [-0.1, -0.05) is 35.5 Å². The third-order valence-corrected chi connectivity index (χ3v) is 3.52. The summed E-state index contributed by atoms with van der Waals surface area (Å²) in [6.07, 6.45) is 0. The van der Waals surface area contributed by atoms with Crippen molar-refractivity contribution in [1.82, 2.24) is 10.1 Å². The van der Waals surface area contributed by atoms with Crippen LogP contribution in [0, 0.1) is 6.92 Å². The van der Waals surface area contributed by atoms with Crippen LogP contribution >= 0.6 is 0 Å². The molecule has 1 aromatic heterocycles. The number of aryl methyl sites for hydroxylation is 1. The average molecular weight is 315 g/mol. The molecule has 0 atom stereocenters. The Balaban J connectivity index is 2.09. The van der Waals surface area contributed by atoms with Crippen LogP contribution in [-0.2, 0) is 16.1 Å². The van der Waals surface area contributed by atoms with Gasteiger partial charge in [-0.3, -0.25) is 14.5 Å². The lowest BCUT2D eigenvalue weighted by atomic mass is 10.2. The van der Waals surface area contributed by atoms with Gasteiger partial charge in [0.15, 0.2) is 5.82 Å². The summed E-state index contributed by atoms with van der Waals surface area (Å²) in [7, 11) is 0. The van der Waals surface area contributed by atoms with Gasteiger partial charge in [0.2, 0.25) is 11.8 Å². The highest BCUT2D eigenvalue weighted by molar-refractivity contribution is 5.96. The van der Waals surface area contributed by atoms with Crippen molar-refractivity contribution >= 4 is 17.6 Å². The number of carbonyl (C=O) groups is 2. The fourth-order valence-corrected chi connectivity index (χ4v) is 2.25. The van der Waals surface area contributed by atoms with Crippen LogP contribution in [0.4, 0.5) is 5.82 Å². The summed E-state index contributed by atoms with van der Waals surface area (Å²) in [4.78, 5) is 27.4. The molecule has 0 saturated carbocycles. The van der Waals surface area contributed by atoms with Gasteiger partial charge in [0.25, 0.3) is 0 Å². The maximum Gasteiger partial charge on any atom is 0.242 e. The molecule has 2 aromatic rings. The summed E-state index contributed by atoms with van der Waals surface area (Å²) in [5.74, 6) is 0.573. The van der Waals surface area contributed by atoms with Crippen molar-refractivity contribution in [2.75, 3.05) is 18.0 Å². The van der Waals surface area contributed by atoms with Gasteiger partial charge in [0.1, 0.15) is 12.3 Å². The van der Waals surface area contributed by atoms with Gasteiger partial charge >= 0.3 is 0 Å². The summed E-state index contributed by atoms with van der Waals surface area (Å²) >= 11 is 0. The predicted molar refractivity (Wildman–Crippen MR) is 86.8 cm³/mol. The number of hydrogen-bond acceptors (Lipinski definition) is 4. The van der Waals surface area contributed by atoms with Gasteiger partial charge in [0.05, 0.1) is 0 Å². The molecule has 0 spiro atoms. The van der Waals surface area contributed by atoms with E-state index in [-0.39, 0.29) is 18.4 Å². The molecule has 0 saturated heterocycles. The molecule has 0 aliphatic heterocycles. The number of amides is 2. The van der Waals surface area contributed by atoms with E-state index in [2.05, 4.69) is 5.16 Å². The zero-order chi connectivity index (χ0) is 16.8. The predicted octanol–water partition coefficient (Wildman–Crippen LogP) is 2.38. The first-order valence-corrected chi connectivity index (χ1v) is 7.54. The van der Waals surface area contributed by atoms with E-state index in [1.165, 1.54) is 11.8 Å². The van der Waals surface area contributed by atoms with Gasteiger partial charge in [-0.25, -0.2) is 0 Å². The van der Waals surface area contributed by atoms with E-state index in [1.807, 2.05) is 37.3 Å². The SMILES string of the molecule is CCN(Cc1ccccc1)C(=O)CN(C(C)=O)c1cc(C)on1. The number of likely N-dealkylation sites (N-methyl/N-ethyl adjacent to an activating group) is 1. The fraction of sp³-hybridized carbons (Fsp3) is 0.353. The molecule has 0 N–H and O–H groups in total. The van der Waals surface area contributed by atoms with E-state index in [0.717, 1.165) is 5.56 Å². The summed E-state index contributed by atoms with van der Waals surface area (Å²) in [6, 6.07) is 11.4. The van der Waals surface area contributed by atoms with Gasteiger partial charge < -0.3 is 9.42 Å². The first-order chi connectivity index (χ1) is 11.0. The quantitative estimate of drug-likeness (QED) is 0.821.